The molecule has 1 aliphatic rings. The number of hydrogen-bond acceptors (Lipinski definition) is 2. The highest BCUT2D eigenvalue weighted by molar-refractivity contribution is 6.36. The van der Waals surface area contributed by atoms with Crippen LogP contribution in [0.15, 0.2) is 18.2 Å². The summed E-state index contributed by atoms with van der Waals surface area (Å²) in [4.78, 5) is 0. The Bertz CT molecular complexity index is 603. The summed E-state index contributed by atoms with van der Waals surface area (Å²) >= 11 is 12.2. The van der Waals surface area contributed by atoms with Gasteiger partial charge in [0.15, 0.2) is 5.82 Å². The van der Waals surface area contributed by atoms with Crippen LogP contribution < -0.4 is 5.73 Å². The van der Waals surface area contributed by atoms with Gasteiger partial charge in [0.1, 0.15) is 0 Å². The van der Waals surface area contributed by atoms with Gasteiger partial charge in [-0.25, -0.2) is 0 Å². The Morgan fingerprint density at radius 2 is 2.11 bits per heavy atom. The molecule has 0 unspecified atom stereocenters. The SMILES string of the molecule is Nc1n[nH]c(CC2CCC2)c1-c1ccc(Cl)cc1Cl. The second kappa shape index (κ2) is 5.06. The molecule has 3 N–H and O–H groups in total. The molecule has 0 spiro atoms. The monoisotopic (exact) mass is 295 g/mol. The second-order valence-corrected chi connectivity index (χ2v) is 5.93. The molecular formula is C14H15Cl2N3. The maximum atomic E-state index is 6.27. The fraction of sp³-hybridized carbons (Fsp3) is 0.357. The van der Waals surface area contributed by atoms with Crippen LogP contribution in [-0.2, 0) is 6.42 Å². The second-order valence-electron chi connectivity index (χ2n) is 5.09. The van der Waals surface area contributed by atoms with Gasteiger partial charge in [-0.15, -0.1) is 0 Å². The lowest BCUT2D eigenvalue weighted by Gasteiger charge is -2.25. The summed E-state index contributed by atoms with van der Waals surface area (Å²) in [6, 6.07) is 5.45. The first-order chi connectivity index (χ1) is 9.15. The lowest BCUT2D eigenvalue weighted by atomic mass is 9.81. The zero-order chi connectivity index (χ0) is 13.4. The van der Waals surface area contributed by atoms with Crippen LogP contribution in [0.4, 0.5) is 5.82 Å². The van der Waals surface area contributed by atoms with Gasteiger partial charge in [-0.3, -0.25) is 5.10 Å². The third-order valence-electron chi connectivity index (χ3n) is 3.79. The van der Waals surface area contributed by atoms with Gasteiger partial charge in [-0.1, -0.05) is 48.5 Å². The Hall–Kier alpha value is -1.19. The highest BCUT2D eigenvalue weighted by atomic mass is 35.5. The molecule has 0 bridgehead atoms. The molecule has 5 heteroatoms. The standard InChI is InChI=1S/C14H15Cl2N3/c15-9-4-5-10(11(16)7-9)13-12(18-19-14(13)17)6-8-2-1-3-8/h4-5,7-8H,1-3,6H2,(H3,17,18,19). The number of aromatic nitrogens is 2. The quantitative estimate of drug-likeness (QED) is 0.886. The summed E-state index contributed by atoms with van der Waals surface area (Å²) in [6.45, 7) is 0. The van der Waals surface area contributed by atoms with Crippen molar-refractivity contribution >= 4 is 29.0 Å². The number of anilines is 1. The first-order valence-corrected chi connectivity index (χ1v) is 7.19. The summed E-state index contributed by atoms with van der Waals surface area (Å²) in [5, 5.41) is 8.40. The molecule has 19 heavy (non-hydrogen) atoms. The molecule has 0 saturated heterocycles. The van der Waals surface area contributed by atoms with Crippen LogP contribution in [0.3, 0.4) is 0 Å². The average Bonchev–Trinajstić information content (AvgIpc) is 2.66. The summed E-state index contributed by atoms with van der Waals surface area (Å²) in [6.07, 6.45) is 4.88. The third kappa shape index (κ3) is 2.45. The van der Waals surface area contributed by atoms with Crippen molar-refractivity contribution in [1.29, 1.82) is 0 Å². The van der Waals surface area contributed by atoms with E-state index in [1.807, 2.05) is 12.1 Å². The predicted molar refractivity (Wildman–Crippen MR) is 79.5 cm³/mol. The van der Waals surface area contributed by atoms with Crippen molar-refractivity contribution in [3.8, 4) is 11.1 Å². The van der Waals surface area contributed by atoms with Crippen LogP contribution >= 0.6 is 23.2 Å². The number of nitrogen functional groups attached to an aromatic ring is 1. The van der Waals surface area contributed by atoms with Crippen LogP contribution in [0.25, 0.3) is 11.1 Å². The van der Waals surface area contributed by atoms with Gasteiger partial charge >= 0.3 is 0 Å². The zero-order valence-electron chi connectivity index (χ0n) is 10.4. The Balaban J connectivity index is 2.00. The molecule has 0 amide bonds. The molecular weight excluding hydrogens is 281 g/mol. The summed E-state index contributed by atoms with van der Waals surface area (Å²) in [7, 11) is 0. The molecule has 0 aliphatic heterocycles. The summed E-state index contributed by atoms with van der Waals surface area (Å²) < 4.78 is 0. The van der Waals surface area contributed by atoms with Crippen LogP contribution in [-0.4, -0.2) is 10.2 Å². The Labute approximate surface area is 122 Å². The van der Waals surface area contributed by atoms with Crippen LogP contribution in [0.5, 0.6) is 0 Å². The first-order valence-electron chi connectivity index (χ1n) is 6.43. The van der Waals surface area contributed by atoms with Crippen LogP contribution in [0.2, 0.25) is 10.0 Å². The van der Waals surface area contributed by atoms with E-state index in [-0.39, 0.29) is 0 Å². The van der Waals surface area contributed by atoms with Crippen molar-refractivity contribution in [2.24, 2.45) is 5.92 Å². The number of aromatic amines is 1. The van der Waals surface area contributed by atoms with Crippen molar-refractivity contribution < 1.29 is 0 Å². The van der Waals surface area contributed by atoms with Crippen molar-refractivity contribution in [1.82, 2.24) is 10.2 Å². The molecule has 0 radical (unpaired) electrons. The third-order valence-corrected chi connectivity index (χ3v) is 4.34. The maximum absolute atomic E-state index is 6.27. The Kier molecular flexibility index (Phi) is 3.42. The zero-order valence-corrected chi connectivity index (χ0v) is 11.9. The average molecular weight is 296 g/mol. The van der Waals surface area contributed by atoms with E-state index in [1.165, 1.54) is 19.3 Å². The van der Waals surface area contributed by atoms with Crippen molar-refractivity contribution in [3.05, 3.63) is 33.9 Å². The highest BCUT2D eigenvalue weighted by Crippen LogP contribution is 2.38. The molecule has 1 saturated carbocycles. The number of rotatable bonds is 3. The minimum atomic E-state index is 0.499. The molecule has 1 aromatic heterocycles. The number of benzene rings is 1. The summed E-state index contributed by atoms with van der Waals surface area (Å²) in [5.74, 6) is 1.24. The minimum absolute atomic E-state index is 0.499. The number of nitrogens with one attached hydrogen (secondary N) is 1. The Morgan fingerprint density at radius 3 is 2.74 bits per heavy atom. The smallest absolute Gasteiger partial charge is 0.153 e. The predicted octanol–water partition coefficient (Wildman–Crippen LogP) is 4.31. The number of hydrogen-bond donors (Lipinski definition) is 2. The Morgan fingerprint density at radius 1 is 1.32 bits per heavy atom. The fourth-order valence-electron chi connectivity index (χ4n) is 2.52. The minimum Gasteiger partial charge on any atom is -0.382 e. The number of halogens is 2. The van der Waals surface area contributed by atoms with Gasteiger partial charge in [0.05, 0.1) is 5.02 Å². The van der Waals surface area contributed by atoms with Gasteiger partial charge in [0, 0.05) is 21.8 Å². The summed E-state index contributed by atoms with van der Waals surface area (Å²) in [5.41, 5.74) is 8.88. The first kappa shape index (κ1) is 12.8. The molecule has 3 rings (SSSR count). The van der Waals surface area contributed by atoms with Crippen molar-refractivity contribution in [3.63, 3.8) is 0 Å². The number of nitrogens with zero attached hydrogens (tertiary/aromatic N) is 1. The largest absolute Gasteiger partial charge is 0.382 e. The molecule has 1 aliphatic carbocycles. The topological polar surface area (TPSA) is 54.7 Å². The maximum Gasteiger partial charge on any atom is 0.153 e. The lowest BCUT2D eigenvalue weighted by Crippen LogP contribution is -2.14. The van der Waals surface area contributed by atoms with Gasteiger partial charge < -0.3 is 5.73 Å². The molecule has 100 valence electrons. The molecule has 1 aromatic carbocycles. The van der Waals surface area contributed by atoms with Gasteiger partial charge in [0.25, 0.3) is 0 Å². The van der Waals surface area contributed by atoms with E-state index in [4.69, 9.17) is 28.9 Å². The normalized spacial score (nSPS) is 15.5. The van der Waals surface area contributed by atoms with E-state index < -0.39 is 0 Å². The van der Waals surface area contributed by atoms with Gasteiger partial charge in [-0.05, 0) is 24.5 Å². The highest BCUT2D eigenvalue weighted by Gasteiger charge is 2.23. The van der Waals surface area contributed by atoms with E-state index in [9.17, 15) is 0 Å². The molecule has 3 nitrogen and oxygen atoms in total. The van der Waals surface area contributed by atoms with E-state index >= 15 is 0 Å². The lowest BCUT2D eigenvalue weighted by molar-refractivity contribution is 0.312. The molecule has 1 fully saturated rings. The molecule has 0 atom stereocenters. The van der Waals surface area contributed by atoms with E-state index in [2.05, 4.69) is 10.2 Å². The van der Waals surface area contributed by atoms with Gasteiger partial charge in [-0.2, -0.15) is 5.10 Å². The van der Waals surface area contributed by atoms with Gasteiger partial charge in [0.2, 0.25) is 0 Å². The van der Waals surface area contributed by atoms with Crippen LogP contribution in [0, 0.1) is 5.92 Å². The van der Waals surface area contributed by atoms with E-state index in [0.717, 1.165) is 29.2 Å². The van der Waals surface area contributed by atoms with Crippen molar-refractivity contribution in [2.75, 3.05) is 5.73 Å². The molecule has 2 aromatic rings. The van der Waals surface area contributed by atoms with E-state index in [0.29, 0.717) is 15.9 Å². The number of nitrogens with two attached hydrogens (primary N) is 1. The van der Waals surface area contributed by atoms with E-state index in [1.54, 1.807) is 6.07 Å². The fourth-order valence-corrected chi connectivity index (χ4v) is 3.02. The van der Waals surface area contributed by atoms with Crippen molar-refractivity contribution in [2.45, 2.75) is 25.7 Å². The number of H-pyrrole nitrogens is 1. The van der Waals surface area contributed by atoms with Crippen LogP contribution in [0.1, 0.15) is 25.0 Å². The molecule has 1 heterocycles.